The molecular weight excluding hydrogens is 1010 g/mol. The number of hydrogen-bond donors (Lipinski definition) is 0. The smallest absolute Gasteiger partial charge is 0.388 e. The maximum atomic E-state index is 2.65. The molecule has 0 aromatic heterocycles. The van der Waals surface area contributed by atoms with Gasteiger partial charge in [-0.1, -0.05) is 309 Å². The van der Waals surface area contributed by atoms with Crippen molar-refractivity contribution in [2.45, 2.75) is 0 Å². The van der Waals surface area contributed by atoms with Gasteiger partial charge in [0, 0.05) is 17.1 Å². The maximum absolute atomic E-state index is 2.65. The quantitative estimate of drug-likeness (QED) is 0.107. The zero-order chi connectivity index (χ0) is 56.0. The third kappa shape index (κ3) is 9.88. The summed E-state index contributed by atoms with van der Waals surface area (Å²) in [6.45, 7) is -0.806. The number of rotatable bonds is 13. The highest BCUT2D eigenvalue weighted by Gasteiger charge is 2.56. The zero-order valence-corrected chi connectivity index (χ0v) is 46.6. The van der Waals surface area contributed by atoms with Gasteiger partial charge in [-0.3, -0.25) is 0 Å². The van der Waals surface area contributed by atoms with Crippen LogP contribution in [0.25, 0.3) is 77.9 Å². The molecule has 84 heavy (non-hydrogen) atoms. The summed E-state index contributed by atoms with van der Waals surface area (Å²) in [5.74, 6) is 0. The van der Waals surface area contributed by atoms with Crippen LogP contribution < -0.4 is 30.6 Å². The summed E-state index contributed by atoms with van der Waals surface area (Å²) in [6, 6.07) is 129. The molecule has 0 atom stereocenters. The molecule has 3 nitrogen and oxygen atoms in total. The molecule has 14 rings (SSSR count). The standard InChI is InChI=1S/C78H58B3N3/c1-11-33-59(34-12-1)73-74(60-35-13-2-14-36-60)76(62-39-17-4-18-40-62)78(77(63-41-19-5-20-42-63)75(73)61-37-15-3-16-38-61)66-45-31-43-64(57-66)65-44-32-50-69(58-65)81-83(71-53-27-9-28-54-71)79(67-46-21-6-22-47-67)82(70-51-25-8-26-52-70)80(68-48-23-7-24-49-68)84(81)72-55-29-10-30-56-72/h1-58H. The first-order valence-corrected chi connectivity index (χ1v) is 29.1. The van der Waals surface area contributed by atoms with Crippen LogP contribution in [0, 0.1) is 0 Å². The monoisotopic (exact) mass is 1070 g/mol. The number of para-hydroxylation sites is 3. The normalized spacial score (nSPS) is 12.4. The Hall–Kier alpha value is -10.5. The molecule has 0 bridgehead atoms. The van der Waals surface area contributed by atoms with Crippen LogP contribution in [0.5, 0.6) is 0 Å². The van der Waals surface area contributed by atoms with Gasteiger partial charge in [0.05, 0.1) is 0 Å². The Balaban J connectivity index is 1.04. The van der Waals surface area contributed by atoms with E-state index in [-0.39, 0.29) is 20.9 Å². The van der Waals surface area contributed by atoms with Crippen LogP contribution in [0.4, 0.5) is 17.1 Å². The van der Waals surface area contributed by atoms with Crippen LogP contribution in [0.15, 0.2) is 352 Å². The van der Waals surface area contributed by atoms with E-state index in [0.29, 0.717) is 0 Å². The van der Waals surface area contributed by atoms with Crippen molar-refractivity contribution in [3.8, 4) is 77.9 Å². The van der Waals surface area contributed by atoms with Crippen LogP contribution in [0.1, 0.15) is 0 Å². The lowest BCUT2D eigenvalue weighted by molar-refractivity contribution is 1.29. The lowest BCUT2D eigenvalue weighted by atomic mass is 9.37. The molecule has 0 saturated carbocycles. The summed E-state index contributed by atoms with van der Waals surface area (Å²) in [4.78, 5) is 0. The van der Waals surface area contributed by atoms with Gasteiger partial charge in [-0.15, -0.1) is 0 Å². The molecule has 1 fully saturated rings. The maximum Gasteiger partial charge on any atom is 0.388 e. The Bertz CT molecular complexity index is 4110. The highest BCUT2D eigenvalue weighted by Crippen LogP contribution is 2.56. The first kappa shape index (κ1) is 51.6. The van der Waals surface area contributed by atoms with Gasteiger partial charge < -0.3 is 14.2 Å². The molecule has 0 unspecified atom stereocenters. The Labute approximate surface area is 495 Å². The SMILES string of the molecule is c1ccc(B2N(c3ccccc3)B(c3ccccc3)N(c3ccccc3)B(c3cccc(-c4cccc(-c5c(-c6ccccc6)c(-c6ccccc6)c(-c6ccccc6)c(-c6ccccc6)c5-c5ccccc5)c4)c3)N2c2ccccc2)cc1. The molecule has 6 heteroatoms. The second-order valence-electron chi connectivity index (χ2n) is 21.5. The molecule has 394 valence electrons. The Morgan fingerprint density at radius 1 is 0.155 bits per heavy atom. The van der Waals surface area contributed by atoms with Crippen molar-refractivity contribution in [1.82, 2.24) is 0 Å². The highest BCUT2D eigenvalue weighted by molar-refractivity contribution is 7.14. The lowest BCUT2D eigenvalue weighted by Gasteiger charge is -2.57. The van der Waals surface area contributed by atoms with Gasteiger partial charge in [0.25, 0.3) is 0 Å². The van der Waals surface area contributed by atoms with Crippen molar-refractivity contribution in [2.75, 3.05) is 14.2 Å². The average molecular weight is 1070 g/mol. The van der Waals surface area contributed by atoms with E-state index in [9.17, 15) is 0 Å². The third-order valence-electron chi connectivity index (χ3n) is 16.4. The van der Waals surface area contributed by atoms with Crippen LogP contribution in [0.2, 0.25) is 0 Å². The first-order valence-electron chi connectivity index (χ1n) is 29.1. The largest absolute Gasteiger partial charge is 0.416 e. The van der Waals surface area contributed by atoms with Crippen molar-refractivity contribution in [2.24, 2.45) is 0 Å². The highest BCUT2D eigenvalue weighted by atomic mass is 15.3. The lowest BCUT2D eigenvalue weighted by Crippen LogP contribution is -2.86. The summed E-state index contributed by atoms with van der Waals surface area (Å²) in [5, 5.41) is 0. The van der Waals surface area contributed by atoms with Gasteiger partial charge in [0.1, 0.15) is 0 Å². The van der Waals surface area contributed by atoms with Crippen molar-refractivity contribution in [3.05, 3.63) is 352 Å². The molecule has 0 N–H and O–H groups in total. The van der Waals surface area contributed by atoms with Crippen molar-refractivity contribution >= 4 is 54.4 Å². The number of benzene rings is 13. The summed E-state index contributed by atoms with van der Waals surface area (Å²) >= 11 is 0. The van der Waals surface area contributed by atoms with Gasteiger partial charge >= 0.3 is 20.9 Å². The molecule has 1 aliphatic heterocycles. The molecule has 0 amide bonds. The number of nitrogens with zero attached hydrogens (tertiary/aromatic N) is 3. The van der Waals surface area contributed by atoms with Gasteiger partial charge in [-0.05, 0) is 137 Å². The topological polar surface area (TPSA) is 9.72 Å². The summed E-state index contributed by atoms with van der Waals surface area (Å²) < 4.78 is 7.92. The Morgan fingerprint density at radius 3 is 0.667 bits per heavy atom. The fraction of sp³-hybridized carbons (Fsp3) is 0. The minimum atomic E-state index is -0.310. The van der Waals surface area contributed by atoms with E-state index in [1.807, 2.05) is 0 Å². The van der Waals surface area contributed by atoms with E-state index in [1.54, 1.807) is 0 Å². The van der Waals surface area contributed by atoms with E-state index < -0.39 is 0 Å². The molecule has 1 saturated heterocycles. The predicted octanol–water partition coefficient (Wildman–Crippen LogP) is 17.4. The fourth-order valence-corrected chi connectivity index (χ4v) is 12.9. The molecule has 1 heterocycles. The second kappa shape index (κ2) is 23.5. The molecule has 0 spiro atoms. The van der Waals surface area contributed by atoms with E-state index in [1.165, 1.54) is 49.8 Å². The third-order valence-corrected chi connectivity index (χ3v) is 16.4. The summed E-state index contributed by atoms with van der Waals surface area (Å²) in [6.07, 6.45) is 0. The van der Waals surface area contributed by atoms with Crippen molar-refractivity contribution in [1.29, 1.82) is 0 Å². The minimum absolute atomic E-state index is 0.248. The molecule has 0 aliphatic carbocycles. The molecule has 13 aromatic carbocycles. The van der Waals surface area contributed by atoms with Crippen LogP contribution in [0.3, 0.4) is 0 Å². The van der Waals surface area contributed by atoms with E-state index in [4.69, 9.17) is 0 Å². The summed E-state index contributed by atoms with van der Waals surface area (Å²) in [5.41, 5.74) is 23.2. The van der Waals surface area contributed by atoms with Crippen LogP contribution in [-0.4, -0.2) is 20.9 Å². The first-order chi connectivity index (χ1) is 41.8. The number of hydrogen-bond acceptors (Lipinski definition) is 3. The van der Waals surface area contributed by atoms with Crippen molar-refractivity contribution in [3.63, 3.8) is 0 Å². The summed E-state index contributed by atoms with van der Waals surface area (Å²) in [7, 11) is 0. The van der Waals surface area contributed by atoms with Gasteiger partial charge in [-0.25, -0.2) is 0 Å². The van der Waals surface area contributed by atoms with Gasteiger partial charge in [0.2, 0.25) is 0 Å². The minimum Gasteiger partial charge on any atom is -0.416 e. The average Bonchev–Trinajstić information content (AvgIpc) is 1.08. The predicted molar refractivity (Wildman–Crippen MR) is 360 cm³/mol. The molecule has 13 aromatic rings. The second-order valence-corrected chi connectivity index (χ2v) is 21.5. The van der Waals surface area contributed by atoms with Gasteiger partial charge in [0.15, 0.2) is 0 Å². The van der Waals surface area contributed by atoms with E-state index in [0.717, 1.165) is 61.6 Å². The molecule has 1 aliphatic rings. The van der Waals surface area contributed by atoms with Crippen LogP contribution in [-0.2, 0) is 0 Å². The number of anilines is 3. The Kier molecular flexibility index (Phi) is 14.4. The van der Waals surface area contributed by atoms with E-state index >= 15 is 0 Å². The van der Waals surface area contributed by atoms with Crippen LogP contribution >= 0.6 is 0 Å². The zero-order valence-electron chi connectivity index (χ0n) is 46.6. The van der Waals surface area contributed by atoms with E-state index in [2.05, 4.69) is 366 Å². The fourth-order valence-electron chi connectivity index (χ4n) is 12.9. The Morgan fingerprint density at radius 2 is 0.357 bits per heavy atom. The molecule has 0 radical (unpaired) electrons. The van der Waals surface area contributed by atoms with Crippen molar-refractivity contribution < 1.29 is 0 Å². The molecular formula is C78H58B3N3. The van der Waals surface area contributed by atoms with Gasteiger partial charge in [-0.2, -0.15) is 0 Å².